The van der Waals surface area contributed by atoms with E-state index in [4.69, 9.17) is 0 Å². The van der Waals surface area contributed by atoms with Gasteiger partial charge in [-0.25, -0.2) is 0 Å². The van der Waals surface area contributed by atoms with Crippen molar-refractivity contribution in [2.45, 2.75) is 50.8 Å². The molecule has 1 heterocycles. The van der Waals surface area contributed by atoms with Crippen LogP contribution < -0.4 is 5.32 Å². The lowest BCUT2D eigenvalue weighted by Gasteiger charge is -2.33. The van der Waals surface area contributed by atoms with Crippen molar-refractivity contribution in [3.63, 3.8) is 0 Å². The Morgan fingerprint density at radius 3 is 2.94 bits per heavy atom. The Morgan fingerprint density at radius 2 is 2.31 bits per heavy atom. The summed E-state index contributed by atoms with van der Waals surface area (Å²) >= 11 is 4.09. The van der Waals surface area contributed by atoms with Crippen molar-refractivity contribution >= 4 is 18.5 Å². The van der Waals surface area contributed by atoms with Crippen molar-refractivity contribution in [2.75, 3.05) is 19.6 Å². The van der Waals surface area contributed by atoms with Gasteiger partial charge in [0, 0.05) is 19.1 Å². The molecule has 1 N–H and O–H groups in total. The summed E-state index contributed by atoms with van der Waals surface area (Å²) in [7, 11) is 0. The van der Waals surface area contributed by atoms with Gasteiger partial charge in [0.2, 0.25) is 5.91 Å². The molecule has 0 aromatic heterocycles. The molecule has 0 saturated carbocycles. The molecule has 0 radical (unpaired) electrons. The van der Waals surface area contributed by atoms with Crippen LogP contribution >= 0.6 is 12.6 Å². The molecule has 1 amide bonds. The van der Waals surface area contributed by atoms with Gasteiger partial charge in [-0.15, -0.1) is 0 Å². The Balaban J connectivity index is 2.08. The SMILES string of the molecule is CC(S)C(=O)NCCCN1CCCCC1C. The molecule has 2 atom stereocenters. The van der Waals surface area contributed by atoms with Crippen molar-refractivity contribution in [1.29, 1.82) is 0 Å². The quantitative estimate of drug-likeness (QED) is 0.570. The summed E-state index contributed by atoms with van der Waals surface area (Å²) in [5.74, 6) is 0.0371. The molecule has 1 rings (SSSR count). The third-order valence-corrected chi connectivity index (χ3v) is 3.48. The van der Waals surface area contributed by atoms with Crippen LogP contribution in [0.15, 0.2) is 0 Å². The Labute approximate surface area is 104 Å². The molecule has 1 aliphatic rings. The minimum Gasteiger partial charge on any atom is -0.355 e. The number of nitrogens with one attached hydrogen (secondary N) is 1. The summed E-state index contributed by atoms with van der Waals surface area (Å²) in [5, 5.41) is 2.69. The molecule has 0 aromatic carbocycles. The molecular weight excluding hydrogens is 220 g/mol. The van der Waals surface area contributed by atoms with Crippen molar-refractivity contribution in [1.82, 2.24) is 10.2 Å². The average Bonchev–Trinajstić information content (AvgIpc) is 2.26. The maximum atomic E-state index is 11.3. The van der Waals surface area contributed by atoms with Gasteiger partial charge >= 0.3 is 0 Å². The van der Waals surface area contributed by atoms with E-state index in [1.165, 1.54) is 25.8 Å². The van der Waals surface area contributed by atoms with Crippen LogP contribution in [-0.2, 0) is 4.79 Å². The first kappa shape index (κ1) is 13.8. The number of likely N-dealkylation sites (tertiary alicyclic amines) is 1. The number of rotatable bonds is 5. The van der Waals surface area contributed by atoms with E-state index in [0.29, 0.717) is 6.04 Å². The topological polar surface area (TPSA) is 32.3 Å². The number of carbonyl (C=O) groups excluding carboxylic acids is 1. The number of piperidine rings is 1. The van der Waals surface area contributed by atoms with Gasteiger partial charge in [0.15, 0.2) is 0 Å². The minimum absolute atomic E-state index is 0.0371. The molecule has 16 heavy (non-hydrogen) atoms. The fraction of sp³-hybridized carbons (Fsp3) is 0.917. The molecule has 1 fully saturated rings. The molecule has 4 heteroatoms. The van der Waals surface area contributed by atoms with Gasteiger partial charge in [-0.3, -0.25) is 4.79 Å². The Morgan fingerprint density at radius 1 is 1.56 bits per heavy atom. The maximum Gasteiger partial charge on any atom is 0.232 e. The summed E-state index contributed by atoms with van der Waals surface area (Å²) in [5.41, 5.74) is 0. The summed E-state index contributed by atoms with van der Waals surface area (Å²) in [6.45, 7) is 7.19. The molecule has 0 aromatic rings. The van der Waals surface area contributed by atoms with Crippen LogP contribution in [0.2, 0.25) is 0 Å². The lowest BCUT2D eigenvalue weighted by Crippen LogP contribution is -2.39. The number of nitrogens with zero attached hydrogens (tertiary/aromatic N) is 1. The van der Waals surface area contributed by atoms with E-state index in [0.717, 1.165) is 19.5 Å². The average molecular weight is 244 g/mol. The van der Waals surface area contributed by atoms with Gasteiger partial charge in [-0.05, 0) is 39.7 Å². The highest BCUT2D eigenvalue weighted by Gasteiger charge is 2.17. The predicted molar refractivity (Wildman–Crippen MR) is 71.0 cm³/mol. The molecule has 0 bridgehead atoms. The first-order chi connectivity index (χ1) is 7.61. The van der Waals surface area contributed by atoms with Gasteiger partial charge in [0.25, 0.3) is 0 Å². The fourth-order valence-corrected chi connectivity index (χ4v) is 2.22. The number of thiol groups is 1. The third kappa shape index (κ3) is 4.74. The Kier molecular flexibility index (Phi) is 6.21. The van der Waals surface area contributed by atoms with Crippen LogP contribution in [0, 0.1) is 0 Å². The minimum atomic E-state index is -0.200. The second-order valence-corrected chi connectivity index (χ2v) is 5.48. The van der Waals surface area contributed by atoms with Crippen molar-refractivity contribution < 1.29 is 4.79 Å². The highest BCUT2D eigenvalue weighted by Crippen LogP contribution is 2.15. The second kappa shape index (κ2) is 7.17. The maximum absolute atomic E-state index is 11.3. The van der Waals surface area contributed by atoms with Crippen LogP contribution in [0.4, 0.5) is 0 Å². The Hall–Kier alpha value is -0.220. The summed E-state index contributed by atoms with van der Waals surface area (Å²) in [4.78, 5) is 13.8. The second-order valence-electron chi connectivity index (χ2n) is 4.70. The highest BCUT2D eigenvalue weighted by molar-refractivity contribution is 7.81. The summed E-state index contributed by atoms with van der Waals surface area (Å²) in [6, 6.07) is 0.716. The van der Waals surface area contributed by atoms with Gasteiger partial charge in [0.1, 0.15) is 0 Å². The highest BCUT2D eigenvalue weighted by atomic mass is 32.1. The van der Waals surface area contributed by atoms with E-state index in [9.17, 15) is 4.79 Å². The van der Waals surface area contributed by atoms with E-state index in [1.807, 2.05) is 0 Å². The van der Waals surface area contributed by atoms with Gasteiger partial charge in [-0.1, -0.05) is 6.42 Å². The molecular formula is C12H24N2OS. The largest absolute Gasteiger partial charge is 0.355 e. The Bertz CT molecular complexity index is 221. The number of amides is 1. The molecule has 3 nitrogen and oxygen atoms in total. The van der Waals surface area contributed by atoms with E-state index in [2.05, 4.69) is 29.8 Å². The standard InChI is InChI=1S/C12H24N2OS/c1-10-6-3-4-8-14(10)9-5-7-13-12(15)11(2)16/h10-11,16H,3-9H2,1-2H3,(H,13,15). The molecule has 1 aliphatic heterocycles. The van der Waals surface area contributed by atoms with Crippen LogP contribution in [0.5, 0.6) is 0 Å². The summed E-state index contributed by atoms with van der Waals surface area (Å²) < 4.78 is 0. The molecule has 0 aliphatic carbocycles. The smallest absolute Gasteiger partial charge is 0.232 e. The zero-order valence-corrected chi connectivity index (χ0v) is 11.3. The molecule has 94 valence electrons. The molecule has 1 saturated heterocycles. The van der Waals surface area contributed by atoms with E-state index >= 15 is 0 Å². The summed E-state index contributed by atoms with van der Waals surface area (Å²) in [6.07, 6.45) is 5.05. The van der Waals surface area contributed by atoms with Crippen LogP contribution in [-0.4, -0.2) is 41.7 Å². The molecule has 0 spiro atoms. The first-order valence-corrected chi connectivity index (χ1v) is 6.82. The normalized spacial score (nSPS) is 24.1. The van der Waals surface area contributed by atoms with Gasteiger partial charge in [0.05, 0.1) is 5.25 Å². The van der Waals surface area contributed by atoms with Gasteiger partial charge in [-0.2, -0.15) is 12.6 Å². The number of hydrogen-bond donors (Lipinski definition) is 2. The van der Waals surface area contributed by atoms with E-state index in [1.54, 1.807) is 6.92 Å². The fourth-order valence-electron chi connectivity index (χ4n) is 2.13. The van der Waals surface area contributed by atoms with Crippen LogP contribution in [0.3, 0.4) is 0 Å². The number of hydrogen-bond acceptors (Lipinski definition) is 3. The third-order valence-electron chi connectivity index (χ3n) is 3.24. The van der Waals surface area contributed by atoms with Crippen LogP contribution in [0.25, 0.3) is 0 Å². The van der Waals surface area contributed by atoms with Crippen LogP contribution in [0.1, 0.15) is 39.5 Å². The zero-order chi connectivity index (χ0) is 12.0. The van der Waals surface area contributed by atoms with Crippen molar-refractivity contribution in [2.24, 2.45) is 0 Å². The number of carbonyl (C=O) groups is 1. The van der Waals surface area contributed by atoms with Gasteiger partial charge < -0.3 is 10.2 Å². The van der Waals surface area contributed by atoms with Crippen molar-refractivity contribution in [3.05, 3.63) is 0 Å². The lowest BCUT2D eigenvalue weighted by molar-refractivity contribution is -0.120. The van der Waals surface area contributed by atoms with E-state index < -0.39 is 0 Å². The first-order valence-electron chi connectivity index (χ1n) is 6.31. The zero-order valence-electron chi connectivity index (χ0n) is 10.4. The lowest BCUT2D eigenvalue weighted by atomic mass is 10.0. The predicted octanol–water partition coefficient (Wildman–Crippen LogP) is 1.69. The van der Waals surface area contributed by atoms with E-state index in [-0.39, 0.29) is 11.2 Å². The molecule has 2 unspecified atom stereocenters. The monoisotopic (exact) mass is 244 g/mol. The van der Waals surface area contributed by atoms with Crippen molar-refractivity contribution in [3.8, 4) is 0 Å².